The third-order valence-electron chi connectivity index (χ3n) is 3.42. The zero-order valence-electron chi connectivity index (χ0n) is 10.5. The summed E-state index contributed by atoms with van der Waals surface area (Å²) >= 11 is 0. The maximum Gasteiger partial charge on any atom is 0.209 e. The van der Waals surface area contributed by atoms with E-state index in [1.165, 1.54) is 12.1 Å². The monoisotopic (exact) mass is 262 g/mol. The Kier molecular flexibility index (Phi) is 3.16. The number of amides is 1. The quantitative estimate of drug-likeness (QED) is 0.839. The Balaban J connectivity index is 1.70. The fourth-order valence-corrected chi connectivity index (χ4v) is 2.35. The maximum absolute atomic E-state index is 13.1. The third kappa shape index (κ3) is 2.58. The number of halogens is 1. The van der Waals surface area contributed by atoms with E-state index >= 15 is 0 Å². The lowest BCUT2D eigenvalue weighted by Gasteiger charge is -2.31. The molecule has 1 fully saturated rings. The molecule has 19 heavy (non-hydrogen) atoms. The van der Waals surface area contributed by atoms with Gasteiger partial charge in [-0.25, -0.2) is 9.37 Å². The largest absolute Gasteiger partial charge is 0.343 e. The van der Waals surface area contributed by atoms with Gasteiger partial charge in [-0.05, 0) is 18.2 Å². The molecule has 2 heterocycles. The van der Waals surface area contributed by atoms with Crippen LogP contribution in [0.3, 0.4) is 0 Å². The van der Waals surface area contributed by atoms with E-state index in [0.29, 0.717) is 6.54 Å². The van der Waals surface area contributed by atoms with Gasteiger partial charge in [0.15, 0.2) is 0 Å². The van der Waals surface area contributed by atoms with Crippen LogP contribution in [0.5, 0.6) is 0 Å². The van der Waals surface area contributed by atoms with E-state index in [1.807, 2.05) is 0 Å². The van der Waals surface area contributed by atoms with Gasteiger partial charge in [0.2, 0.25) is 6.41 Å². The number of aromatic amines is 1. The minimum absolute atomic E-state index is 0.262. The van der Waals surface area contributed by atoms with Crippen molar-refractivity contribution in [2.45, 2.75) is 6.54 Å². The summed E-state index contributed by atoms with van der Waals surface area (Å²) in [6, 6.07) is 4.54. The van der Waals surface area contributed by atoms with Crippen LogP contribution < -0.4 is 0 Å². The molecule has 0 aliphatic carbocycles. The summed E-state index contributed by atoms with van der Waals surface area (Å²) < 4.78 is 13.1. The fourth-order valence-electron chi connectivity index (χ4n) is 2.35. The highest BCUT2D eigenvalue weighted by Gasteiger charge is 2.16. The maximum atomic E-state index is 13.1. The lowest BCUT2D eigenvalue weighted by atomic mass is 10.3. The molecule has 0 atom stereocenters. The van der Waals surface area contributed by atoms with Crippen molar-refractivity contribution in [3.63, 3.8) is 0 Å². The van der Waals surface area contributed by atoms with Crippen molar-refractivity contribution in [2.24, 2.45) is 0 Å². The van der Waals surface area contributed by atoms with Crippen molar-refractivity contribution in [1.82, 2.24) is 19.8 Å². The Bertz CT molecular complexity index is 589. The number of carbonyl (C=O) groups excluding carboxylic acids is 1. The first kappa shape index (κ1) is 12.1. The summed E-state index contributed by atoms with van der Waals surface area (Å²) in [5.74, 6) is 0.572. The topological polar surface area (TPSA) is 52.2 Å². The number of nitrogens with one attached hydrogen (secondary N) is 1. The molecule has 0 unspecified atom stereocenters. The average Bonchev–Trinajstić information content (AvgIpc) is 2.81. The summed E-state index contributed by atoms with van der Waals surface area (Å²) in [5.41, 5.74) is 1.50. The summed E-state index contributed by atoms with van der Waals surface area (Å²) in [4.78, 5) is 22.2. The van der Waals surface area contributed by atoms with Gasteiger partial charge in [-0.2, -0.15) is 0 Å². The van der Waals surface area contributed by atoms with Gasteiger partial charge < -0.3 is 9.88 Å². The molecule has 0 radical (unpaired) electrons. The Labute approximate surface area is 110 Å². The summed E-state index contributed by atoms with van der Waals surface area (Å²) in [6.45, 7) is 3.87. The van der Waals surface area contributed by atoms with Gasteiger partial charge in [0, 0.05) is 26.2 Å². The molecule has 100 valence electrons. The number of hydrogen-bond acceptors (Lipinski definition) is 3. The van der Waals surface area contributed by atoms with Crippen molar-refractivity contribution >= 4 is 17.4 Å². The molecule has 1 aromatic heterocycles. The van der Waals surface area contributed by atoms with E-state index in [1.54, 1.807) is 11.0 Å². The van der Waals surface area contributed by atoms with Crippen LogP contribution in [0.1, 0.15) is 5.82 Å². The lowest BCUT2D eigenvalue weighted by Crippen LogP contribution is -2.45. The first-order chi connectivity index (χ1) is 9.24. The number of H-pyrrole nitrogens is 1. The van der Waals surface area contributed by atoms with Crippen LogP contribution in [-0.4, -0.2) is 52.4 Å². The number of aromatic nitrogens is 2. The third-order valence-corrected chi connectivity index (χ3v) is 3.42. The van der Waals surface area contributed by atoms with Gasteiger partial charge in [-0.3, -0.25) is 9.69 Å². The Morgan fingerprint density at radius 1 is 1.32 bits per heavy atom. The number of imidazole rings is 1. The van der Waals surface area contributed by atoms with Gasteiger partial charge in [0.25, 0.3) is 0 Å². The van der Waals surface area contributed by atoms with E-state index in [9.17, 15) is 9.18 Å². The van der Waals surface area contributed by atoms with Crippen LogP contribution in [0, 0.1) is 5.82 Å². The van der Waals surface area contributed by atoms with Crippen molar-refractivity contribution in [1.29, 1.82) is 0 Å². The molecule has 0 bridgehead atoms. The molecule has 1 amide bonds. The van der Waals surface area contributed by atoms with Gasteiger partial charge in [-0.1, -0.05) is 0 Å². The SMILES string of the molecule is O=CN1CCN(Cc2nc3ccc(F)cc3[nH]2)CC1. The normalized spacial score (nSPS) is 17.0. The lowest BCUT2D eigenvalue weighted by molar-refractivity contribution is -0.119. The minimum Gasteiger partial charge on any atom is -0.343 e. The molecule has 1 saturated heterocycles. The smallest absolute Gasteiger partial charge is 0.209 e. The highest BCUT2D eigenvalue weighted by atomic mass is 19.1. The van der Waals surface area contributed by atoms with E-state index in [2.05, 4.69) is 14.9 Å². The van der Waals surface area contributed by atoms with E-state index < -0.39 is 0 Å². The summed E-state index contributed by atoms with van der Waals surface area (Å²) in [5, 5.41) is 0. The first-order valence-corrected chi connectivity index (χ1v) is 6.30. The molecule has 2 aromatic rings. The van der Waals surface area contributed by atoms with E-state index in [4.69, 9.17) is 0 Å². The summed E-state index contributed by atoms with van der Waals surface area (Å²) in [7, 11) is 0. The molecule has 1 N–H and O–H groups in total. The van der Waals surface area contributed by atoms with Crippen LogP contribution in [0.4, 0.5) is 4.39 Å². The van der Waals surface area contributed by atoms with E-state index in [0.717, 1.165) is 49.4 Å². The second-order valence-electron chi connectivity index (χ2n) is 4.76. The van der Waals surface area contributed by atoms with Crippen LogP contribution in [0.15, 0.2) is 18.2 Å². The molecule has 1 aliphatic heterocycles. The van der Waals surface area contributed by atoms with Crippen LogP contribution >= 0.6 is 0 Å². The molecule has 6 heteroatoms. The predicted octanol–water partition coefficient (Wildman–Crippen LogP) is 0.976. The zero-order chi connectivity index (χ0) is 13.2. The first-order valence-electron chi connectivity index (χ1n) is 6.30. The Morgan fingerprint density at radius 3 is 2.84 bits per heavy atom. The minimum atomic E-state index is -0.262. The standard InChI is InChI=1S/C13H15FN4O/c14-10-1-2-11-12(7-10)16-13(15-11)8-17-3-5-18(9-19)6-4-17/h1-2,7,9H,3-6,8H2,(H,15,16). The van der Waals surface area contributed by atoms with Gasteiger partial charge in [-0.15, -0.1) is 0 Å². The molecule has 1 aromatic carbocycles. The summed E-state index contributed by atoms with van der Waals surface area (Å²) in [6.07, 6.45) is 0.890. The number of carbonyl (C=O) groups is 1. The highest BCUT2D eigenvalue weighted by molar-refractivity contribution is 5.74. The van der Waals surface area contributed by atoms with Gasteiger partial charge >= 0.3 is 0 Å². The fraction of sp³-hybridized carbons (Fsp3) is 0.385. The molecule has 0 spiro atoms. The Hall–Kier alpha value is -1.95. The predicted molar refractivity (Wildman–Crippen MR) is 69.0 cm³/mol. The number of nitrogens with zero attached hydrogens (tertiary/aromatic N) is 3. The average molecular weight is 262 g/mol. The van der Waals surface area contributed by atoms with Crippen molar-refractivity contribution < 1.29 is 9.18 Å². The number of fused-ring (bicyclic) bond motifs is 1. The van der Waals surface area contributed by atoms with Crippen LogP contribution in [-0.2, 0) is 11.3 Å². The number of benzene rings is 1. The Morgan fingerprint density at radius 2 is 2.11 bits per heavy atom. The molecule has 1 aliphatic rings. The van der Waals surface area contributed by atoms with Crippen molar-refractivity contribution in [2.75, 3.05) is 26.2 Å². The zero-order valence-corrected chi connectivity index (χ0v) is 10.5. The molecule has 0 saturated carbocycles. The van der Waals surface area contributed by atoms with Gasteiger partial charge in [0.1, 0.15) is 11.6 Å². The molecule has 3 rings (SSSR count). The van der Waals surface area contributed by atoms with Crippen molar-refractivity contribution in [3.05, 3.63) is 29.8 Å². The number of piperazine rings is 1. The molecule has 5 nitrogen and oxygen atoms in total. The second kappa shape index (κ2) is 4.97. The van der Waals surface area contributed by atoms with Crippen molar-refractivity contribution in [3.8, 4) is 0 Å². The number of rotatable bonds is 3. The highest BCUT2D eigenvalue weighted by Crippen LogP contribution is 2.14. The number of hydrogen-bond donors (Lipinski definition) is 1. The second-order valence-corrected chi connectivity index (χ2v) is 4.76. The van der Waals surface area contributed by atoms with E-state index in [-0.39, 0.29) is 5.82 Å². The molecular weight excluding hydrogens is 247 g/mol. The van der Waals surface area contributed by atoms with Crippen LogP contribution in [0.2, 0.25) is 0 Å². The van der Waals surface area contributed by atoms with Crippen LogP contribution in [0.25, 0.3) is 11.0 Å². The molecular formula is C13H15FN4O. The van der Waals surface area contributed by atoms with Gasteiger partial charge in [0.05, 0.1) is 17.6 Å².